The van der Waals surface area contributed by atoms with Crippen LogP contribution >= 0.6 is 0 Å². The van der Waals surface area contributed by atoms with E-state index in [2.05, 4.69) is 32.4 Å². The maximum atomic E-state index is 11.5. The number of ether oxygens (including phenoxy) is 1. The summed E-state index contributed by atoms with van der Waals surface area (Å²) in [6, 6.07) is 0. The van der Waals surface area contributed by atoms with Crippen molar-refractivity contribution in [1.29, 1.82) is 0 Å². The molecule has 0 bridgehead atoms. The Morgan fingerprint density at radius 1 is 1.12 bits per heavy atom. The van der Waals surface area contributed by atoms with Crippen molar-refractivity contribution in [3.63, 3.8) is 0 Å². The summed E-state index contributed by atoms with van der Waals surface area (Å²) in [4.78, 5) is 0. The van der Waals surface area contributed by atoms with Crippen LogP contribution in [-0.2, 0) is 14.8 Å². The monoisotopic (exact) mass is 251 g/mol. The van der Waals surface area contributed by atoms with E-state index in [-0.39, 0.29) is 12.4 Å². The molecule has 0 aliphatic heterocycles. The Hall–Kier alpha value is -0.130. The molecule has 0 rings (SSSR count). The molecule has 0 heterocycles. The van der Waals surface area contributed by atoms with Gasteiger partial charge in [-0.15, -0.1) is 0 Å². The van der Waals surface area contributed by atoms with Gasteiger partial charge in [0.25, 0.3) is 0 Å². The van der Waals surface area contributed by atoms with Crippen molar-refractivity contribution in [2.75, 3.05) is 26.0 Å². The van der Waals surface area contributed by atoms with Gasteiger partial charge >= 0.3 is 0 Å². The lowest BCUT2D eigenvalue weighted by molar-refractivity contribution is 0.216. The van der Waals surface area contributed by atoms with Gasteiger partial charge in [0.15, 0.2) is 0 Å². The minimum atomic E-state index is -3.18. The molecular formula is C11H25NO3S. The molecular weight excluding hydrogens is 226 g/mol. The molecule has 0 aromatic heterocycles. The fourth-order valence-corrected chi connectivity index (χ4v) is 2.71. The maximum absolute atomic E-state index is 11.5. The maximum Gasteiger partial charge on any atom is 0.213 e. The van der Waals surface area contributed by atoms with Crippen LogP contribution in [0, 0.1) is 17.8 Å². The second-order valence-corrected chi connectivity index (χ2v) is 6.74. The Morgan fingerprint density at radius 3 is 2.00 bits per heavy atom. The summed E-state index contributed by atoms with van der Waals surface area (Å²) in [5.74, 6) is 1.36. The van der Waals surface area contributed by atoms with Crippen molar-refractivity contribution in [1.82, 2.24) is 4.72 Å². The lowest BCUT2D eigenvalue weighted by Crippen LogP contribution is -2.36. The first-order valence-electron chi connectivity index (χ1n) is 5.76. The van der Waals surface area contributed by atoms with Crippen molar-refractivity contribution < 1.29 is 13.2 Å². The average molecular weight is 251 g/mol. The summed E-state index contributed by atoms with van der Waals surface area (Å²) in [5, 5.41) is 0. The molecule has 0 saturated carbocycles. The second kappa shape index (κ2) is 7.25. The molecule has 98 valence electrons. The van der Waals surface area contributed by atoms with Gasteiger partial charge in [0.2, 0.25) is 10.0 Å². The molecule has 16 heavy (non-hydrogen) atoms. The van der Waals surface area contributed by atoms with Crippen LogP contribution < -0.4 is 4.72 Å². The first kappa shape index (κ1) is 15.9. The highest BCUT2D eigenvalue weighted by Crippen LogP contribution is 2.19. The van der Waals surface area contributed by atoms with Crippen molar-refractivity contribution in [3.8, 4) is 0 Å². The molecule has 0 amide bonds. The van der Waals surface area contributed by atoms with Crippen LogP contribution in [0.2, 0.25) is 0 Å². The summed E-state index contributed by atoms with van der Waals surface area (Å²) in [6.45, 7) is 9.23. The smallest absolute Gasteiger partial charge is 0.213 e. The van der Waals surface area contributed by atoms with Gasteiger partial charge in [-0.2, -0.15) is 0 Å². The van der Waals surface area contributed by atoms with Crippen molar-refractivity contribution in [2.45, 2.75) is 27.7 Å². The van der Waals surface area contributed by atoms with Crippen LogP contribution in [0.5, 0.6) is 0 Å². The zero-order chi connectivity index (χ0) is 12.8. The highest BCUT2D eigenvalue weighted by molar-refractivity contribution is 7.89. The van der Waals surface area contributed by atoms with E-state index < -0.39 is 10.0 Å². The molecule has 0 aliphatic carbocycles. The van der Waals surface area contributed by atoms with E-state index in [1.54, 1.807) is 0 Å². The zero-order valence-corrected chi connectivity index (χ0v) is 11.8. The molecule has 0 aromatic carbocycles. The molecule has 0 atom stereocenters. The summed E-state index contributed by atoms with van der Waals surface area (Å²) in [7, 11) is -1.68. The highest BCUT2D eigenvalue weighted by atomic mass is 32.2. The quantitative estimate of drug-likeness (QED) is 0.711. The minimum absolute atomic E-state index is 0.0341. The largest absolute Gasteiger partial charge is 0.384 e. The number of rotatable bonds is 8. The molecule has 0 radical (unpaired) electrons. The lowest BCUT2D eigenvalue weighted by atomic mass is 9.86. The predicted molar refractivity (Wildman–Crippen MR) is 66.8 cm³/mol. The van der Waals surface area contributed by atoms with Crippen LogP contribution in [0.3, 0.4) is 0 Å². The van der Waals surface area contributed by atoms with E-state index in [0.717, 1.165) is 0 Å². The zero-order valence-electron chi connectivity index (χ0n) is 11.0. The number of hydrogen-bond donors (Lipinski definition) is 1. The van der Waals surface area contributed by atoms with E-state index in [1.165, 1.54) is 7.11 Å². The number of methoxy groups -OCH3 is 1. The third-order valence-corrected chi connectivity index (χ3v) is 4.12. The average Bonchev–Trinajstić information content (AvgIpc) is 2.13. The SMILES string of the molecule is COCCS(=O)(=O)NCC(C(C)C)C(C)C. The van der Waals surface area contributed by atoms with E-state index in [1.807, 2.05) is 0 Å². The van der Waals surface area contributed by atoms with Crippen LogP contribution in [-0.4, -0.2) is 34.4 Å². The van der Waals surface area contributed by atoms with Gasteiger partial charge in [0.1, 0.15) is 0 Å². The molecule has 0 aliphatic rings. The van der Waals surface area contributed by atoms with E-state index in [9.17, 15) is 8.42 Å². The number of hydrogen-bond acceptors (Lipinski definition) is 3. The second-order valence-electron chi connectivity index (χ2n) is 4.81. The van der Waals surface area contributed by atoms with Gasteiger partial charge < -0.3 is 4.74 Å². The van der Waals surface area contributed by atoms with Gasteiger partial charge in [-0.3, -0.25) is 0 Å². The number of nitrogens with one attached hydrogen (secondary N) is 1. The standard InChI is InChI=1S/C11H25NO3S/c1-9(2)11(10(3)4)8-12-16(13,14)7-6-15-5/h9-12H,6-8H2,1-5H3. The van der Waals surface area contributed by atoms with E-state index in [4.69, 9.17) is 4.74 Å². The van der Waals surface area contributed by atoms with Gasteiger partial charge in [-0.05, 0) is 17.8 Å². The van der Waals surface area contributed by atoms with Gasteiger partial charge in [-0.25, -0.2) is 13.1 Å². The van der Waals surface area contributed by atoms with Crippen LogP contribution in [0.25, 0.3) is 0 Å². The molecule has 0 spiro atoms. The number of sulfonamides is 1. The fraction of sp³-hybridized carbons (Fsp3) is 1.00. The fourth-order valence-electron chi connectivity index (χ4n) is 1.73. The summed E-state index contributed by atoms with van der Waals surface area (Å²) in [6.07, 6.45) is 0. The van der Waals surface area contributed by atoms with Crippen molar-refractivity contribution in [3.05, 3.63) is 0 Å². The van der Waals surface area contributed by atoms with Gasteiger partial charge in [0, 0.05) is 13.7 Å². The first-order chi connectivity index (χ1) is 7.30. The van der Waals surface area contributed by atoms with Crippen molar-refractivity contribution >= 4 is 10.0 Å². The Balaban J connectivity index is 4.20. The Morgan fingerprint density at radius 2 is 1.62 bits per heavy atom. The Kier molecular flexibility index (Phi) is 7.19. The summed E-state index contributed by atoms with van der Waals surface area (Å²) >= 11 is 0. The van der Waals surface area contributed by atoms with Gasteiger partial charge in [0.05, 0.1) is 12.4 Å². The molecule has 1 N–H and O–H groups in total. The molecule has 4 nitrogen and oxygen atoms in total. The van der Waals surface area contributed by atoms with Gasteiger partial charge in [-0.1, -0.05) is 27.7 Å². The summed E-state index contributed by atoms with van der Waals surface area (Å²) in [5.41, 5.74) is 0. The molecule has 0 saturated heterocycles. The van der Waals surface area contributed by atoms with Crippen LogP contribution in [0.1, 0.15) is 27.7 Å². The Labute approximate surface area is 99.8 Å². The minimum Gasteiger partial charge on any atom is -0.384 e. The molecule has 0 aromatic rings. The lowest BCUT2D eigenvalue weighted by Gasteiger charge is -2.24. The molecule has 5 heteroatoms. The van der Waals surface area contributed by atoms with E-state index in [0.29, 0.717) is 24.3 Å². The van der Waals surface area contributed by atoms with Crippen LogP contribution in [0.4, 0.5) is 0 Å². The summed E-state index contributed by atoms with van der Waals surface area (Å²) < 4.78 is 30.5. The van der Waals surface area contributed by atoms with Crippen molar-refractivity contribution in [2.24, 2.45) is 17.8 Å². The first-order valence-corrected chi connectivity index (χ1v) is 7.41. The van der Waals surface area contributed by atoms with Crippen LogP contribution in [0.15, 0.2) is 0 Å². The third-order valence-electron chi connectivity index (χ3n) is 2.81. The highest BCUT2D eigenvalue weighted by Gasteiger charge is 2.20. The predicted octanol–water partition coefficient (Wildman–Crippen LogP) is 1.48. The third kappa shape index (κ3) is 6.45. The Bertz CT molecular complexity index is 265. The normalized spacial score (nSPS) is 13.0. The molecule has 0 unspecified atom stereocenters. The topological polar surface area (TPSA) is 55.4 Å². The molecule has 0 fully saturated rings. The van der Waals surface area contributed by atoms with E-state index >= 15 is 0 Å².